The molecule has 1 unspecified atom stereocenters. The molecule has 2 heterocycles. The number of anilines is 2. The molecule has 3 N–H and O–H groups in total. The number of nitrogens with zero attached hydrogens (tertiary/aromatic N) is 2. The molecule has 0 aliphatic heterocycles. The van der Waals surface area contributed by atoms with E-state index in [0.717, 1.165) is 12.8 Å². The van der Waals surface area contributed by atoms with E-state index in [1.165, 1.54) is 11.1 Å². The zero-order chi connectivity index (χ0) is 13.7. The summed E-state index contributed by atoms with van der Waals surface area (Å²) in [6.45, 7) is 2.15. The molecule has 0 radical (unpaired) electrons. The van der Waals surface area contributed by atoms with Gasteiger partial charge in [0.15, 0.2) is 0 Å². The second-order valence-electron chi connectivity index (χ2n) is 4.27. The Hall–Kier alpha value is -2.06. The number of rotatable bonds is 5. The van der Waals surface area contributed by atoms with Crippen LogP contribution < -0.4 is 11.1 Å². The predicted octanol–water partition coefficient (Wildman–Crippen LogP) is 3.55. The van der Waals surface area contributed by atoms with E-state index in [4.69, 9.17) is 11.0 Å². The van der Waals surface area contributed by atoms with Gasteiger partial charge in [0.1, 0.15) is 11.9 Å². The average molecular weight is 272 g/mol. The summed E-state index contributed by atoms with van der Waals surface area (Å²) in [6, 6.07) is 8.04. The Labute approximate surface area is 116 Å². The standard InChI is InChI=1S/C14H16N4S/c1-2-4-12(13-5-3-6-19-13)18-14-11(16)7-10(8-15)9-17-14/h3,5-7,9,12H,2,4,16H2,1H3,(H,17,18). The number of aromatic nitrogens is 1. The molecule has 2 aromatic rings. The van der Waals surface area contributed by atoms with E-state index in [-0.39, 0.29) is 6.04 Å². The summed E-state index contributed by atoms with van der Waals surface area (Å²) in [5, 5.41) is 14.2. The molecule has 0 aliphatic rings. The summed E-state index contributed by atoms with van der Waals surface area (Å²) in [5.74, 6) is 0.644. The topological polar surface area (TPSA) is 74.7 Å². The maximum atomic E-state index is 8.80. The Morgan fingerprint density at radius 1 is 1.58 bits per heavy atom. The lowest BCUT2D eigenvalue weighted by Gasteiger charge is -2.18. The van der Waals surface area contributed by atoms with Crippen molar-refractivity contribution < 1.29 is 0 Å². The molecule has 98 valence electrons. The second-order valence-corrected chi connectivity index (χ2v) is 5.25. The molecule has 0 aromatic carbocycles. The molecular formula is C14H16N4S. The molecule has 19 heavy (non-hydrogen) atoms. The lowest BCUT2D eigenvalue weighted by atomic mass is 10.1. The number of nitrogens with one attached hydrogen (secondary N) is 1. The lowest BCUT2D eigenvalue weighted by molar-refractivity contribution is 0.685. The summed E-state index contributed by atoms with van der Waals surface area (Å²) < 4.78 is 0. The fourth-order valence-electron chi connectivity index (χ4n) is 1.89. The maximum Gasteiger partial charge on any atom is 0.149 e. The highest BCUT2D eigenvalue weighted by molar-refractivity contribution is 7.10. The highest BCUT2D eigenvalue weighted by Gasteiger charge is 2.13. The Kier molecular flexibility index (Phi) is 4.37. The van der Waals surface area contributed by atoms with E-state index >= 15 is 0 Å². The Bertz CT molecular complexity index is 572. The van der Waals surface area contributed by atoms with Crippen LogP contribution in [0, 0.1) is 11.3 Å². The minimum absolute atomic E-state index is 0.215. The molecule has 0 spiro atoms. The van der Waals surface area contributed by atoms with Crippen LogP contribution in [0.1, 0.15) is 36.2 Å². The first kappa shape index (κ1) is 13.4. The van der Waals surface area contributed by atoms with E-state index in [1.807, 2.05) is 12.1 Å². The number of hydrogen-bond acceptors (Lipinski definition) is 5. The summed E-state index contributed by atoms with van der Waals surface area (Å²) in [6.07, 6.45) is 3.63. The molecule has 5 heteroatoms. The third-order valence-corrected chi connectivity index (χ3v) is 3.81. The van der Waals surface area contributed by atoms with Crippen LogP contribution in [-0.2, 0) is 0 Å². The highest BCUT2D eigenvalue weighted by atomic mass is 32.1. The van der Waals surface area contributed by atoms with Gasteiger partial charge in [-0.3, -0.25) is 0 Å². The van der Waals surface area contributed by atoms with Crippen molar-refractivity contribution in [2.75, 3.05) is 11.1 Å². The first-order valence-corrected chi connectivity index (χ1v) is 7.08. The first-order chi connectivity index (χ1) is 9.24. The number of pyridine rings is 1. The number of hydrogen-bond donors (Lipinski definition) is 2. The number of thiophene rings is 1. The van der Waals surface area contributed by atoms with Crippen molar-refractivity contribution in [1.82, 2.24) is 4.98 Å². The summed E-state index contributed by atoms with van der Waals surface area (Å²) >= 11 is 1.72. The van der Waals surface area contributed by atoms with Gasteiger partial charge >= 0.3 is 0 Å². The van der Waals surface area contributed by atoms with E-state index in [1.54, 1.807) is 17.4 Å². The fourth-order valence-corrected chi connectivity index (χ4v) is 2.70. The van der Waals surface area contributed by atoms with Crippen molar-refractivity contribution >= 4 is 22.8 Å². The van der Waals surface area contributed by atoms with Crippen molar-refractivity contribution in [2.24, 2.45) is 0 Å². The Morgan fingerprint density at radius 3 is 3.00 bits per heavy atom. The molecule has 0 saturated heterocycles. The maximum absolute atomic E-state index is 8.80. The smallest absolute Gasteiger partial charge is 0.149 e. The number of nitriles is 1. The summed E-state index contributed by atoms with van der Waals surface area (Å²) in [4.78, 5) is 5.50. The first-order valence-electron chi connectivity index (χ1n) is 6.20. The normalized spacial score (nSPS) is 11.8. The average Bonchev–Trinajstić information content (AvgIpc) is 2.94. The zero-order valence-corrected chi connectivity index (χ0v) is 11.6. The van der Waals surface area contributed by atoms with E-state index < -0.39 is 0 Å². The molecule has 0 fully saturated rings. The monoisotopic (exact) mass is 272 g/mol. The summed E-state index contributed by atoms with van der Waals surface area (Å²) in [7, 11) is 0. The molecule has 0 bridgehead atoms. The minimum atomic E-state index is 0.215. The van der Waals surface area contributed by atoms with Crippen LogP contribution in [0.3, 0.4) is 0 Å². The summed E-state index contributed by atoms with van der Waals surface area (Å²) in [5.41, 5.74) is 6.91. The predicted molar refractivity (Wildman–Crippen MR) is 79.0 cm³/mol. The molecule has 0 amide bonds. The quantitative estimate of drug-likeness (QED) is 0.872. The number of nitrogens with two attached hydrogens (primary N) is 1. The molecule has 4 nitrogen and oxygen atoms in total. The Morgan fingerprint density at radius 2 is 2.42 bits per heavy atom. The Balaban J connectivity index is 2.20. The van der Waals surface area contributed by atoms with Gasteiger partial charge in [0.25, 0.3) is 0 Å². The van der Waals surface area contributed by atoms with E-state index in [0.29, 0.717) is 17.1 Å². The van der Waals surface area contributed by atoms with Crippen LogP contribution in [0.5, 0.6) is 0 Å². The van der Waals surface area contributed by atoms with Crippen LogP contribution in [0.15, 0.2) is 29.8 Å². The fraction of sp³-hybridized carbons (Fsp3) is 0.286. The van der Waals surface area contributed by atoms with Crippen molar-refractivity contribution in [3.05, 3.63) is 40.2 Å². The van der Waals surface area contributed by atoms with Crippen molar-refractivity contribution in [2.45, 2.75) is 25.8 Å². The van der Waals surface area contributed by atoms with Gasteiger partial charge in [0.2, 0.25) is 0 Å². The van der Waals surface area contributed by atoms with E-state index in [2.05, 4.69) is 28.7 Å². The van der Waals surface area contributed by atoms with Gasteiger partial charge in [-0.1, -0.05) is 19.4 Å². The molecule has 2 rings (SSSR count). The van der Waals surface area contributed by atoms with Gasteiger partial charge in [0, 0.05) is 11.1 Å². The van der Waals surface area contributed by atoms with Crippen molar-refractivity contribution in [3.63, 3.8) is 0 Å². The van der Waals surface area contributed by atoms with Crippen LogP contribution in [-0.4, -0.2) is 4.98 Å². The van der Waals surface area contributed by atoms with Crippen LogP contribution in [0.4, 0.5) is 11.5 Å². The molecule has 0 aliphatic carbocycles. The van der Waals surface area contributed by atoms with Gasteiger partial charge < -0.3 is 11.1 Å². The van der Waals surface area contributed by atoms with Gasteiger partial charge in [-0.2, -0.15) is 5.26 Å². The third kappa shape index (κ3) is 3.24. The van der Waals surface area contributed by atoms with Gasteiger partial charge in [-0.15, -0.1) is 11.3 Å². The molecule has 2 aromatic heterocycles. The van der Waals surface area contributed by atoms with Crippen LogP contribution >= 0.6 is 11.3 Å². The minimum Gasteiger partial charge on any atom is -0.396 e. The molecular weight excluding hydrogens is 256 g/mol. The number of nitrogen functional groups attached to an aromatic ring is 1. The van der Waals surface area contributed by atoms with Gasteiger partial charge in [-0.25, -0.2) is 4.98 Å². The van der Waals surface area contributed by atoms with Gasteiger partial charge in [0.05, 0.1) is 17.3 Å². The molecule has 0 saturated carbocycles. The molecule has 1 atom stereocenters. The highest BCUT2D eigenvalue weighted by Crippen LogP contribution is 2.28. The lowest BCUT2D eigenvalue weighted by Crippen LogP contribution is -2.12. The van der Waals surface area contributed by atoms with Crippen molar-refractivity contribution in [3.8, 4) is 6.07 Å². The van der Waals surface area contributed by atoms with Crippen molar-refractivity contribution in [1.29, 1.82) is 5.26 Å². The van der Waals surface area contributed by atoms with Gasteiger partial charge in [-0.05, 0) is 23.9 Å². The second kappa shape index (κ2) is 6.21. The third-order valence-electron chi connectivity index (χ3n) is 2.82. The zero-order valence-electron chi connectivity index (χ0n) is 10.8. The SMILES string of the molecule is CCCC(Nc1ncc(C#N)cc1N)c1cccs1. The largest absolute Gasteiger partial charge is 0.396 e. The van der Waals surface area contributed by atoms with Crippen LogP contribution in [0.25, 0.3) is 0 Å². The van der Waals surface area contributed by atoms with Crippen LogP contribution in [0.2, 0.25) is 0 Å². The van der Waals surface area contributed by atoms with E-state index in [9.17, 15) is 0 Å².